The molecule has 1 saturated carbocycles. The molecule has 0 radical (unpaired) electrons. The lowest BCUT2D eigenvalue weighted by Crippen LogP contribution is -2.24. The largest absolute Gasteiger partial charge is 0.349 e. The summed E-state index contributed by atoms with van der Waals surface area (Å²) in [7, 11) is 0. The summed E-state index contributed by atoms with van der Waals surface area (Å²) in [5.41, 5.74) is 0.383. The van der Waals surface area contributed by atoms with Gasteiger partial charge in [0.25, 0.3) is 5.91 Å². The Morgan fingerprint density at radius 2 is 2.36 bits per heavy atom. The van der Waals surface area contributed by atoms with Gasteiger partial charge in [0.05, 0.1) is 10.5 Å². The van der Waals surface area contributed by atoms with E-state index < -0.39 is 4.92 Å². The first kappa shape index (κ1) is 9.14. The molecular formula is C8H8N2O3S. The average molecular weight is 212 g/mol. The Morgan fingerprint density at radius 3 is 2.86 bits per heavy atom. The molecule has 1 aliphatic carbocycles. The molecule has 0 saturated heterocycles. The molecular weight excluding hydrogens is 204 g/mol. The third kappa shape index (κ3) is 1.90. The minimum Gasteiger partial charge on any atom is -0.349 e. The van der Waals surface area contributed by atoms with E-state index in [2.05, 4.69) is 5.32 Å². The first-order chi connectivity index (χ1) is 6.66. The molecule has 74 valence electrons. The van der Waals surface area contributed by atoms with Crippen LogP contribution >= 0.6 is 11.3 Å². The molecule has 1 fully saturated rings. The zero-order valence-corrected chi connectivity index (χ0v) is 8.04. The van der Waals surface area contributed by atoms with Gasteiger partial charge in [-0.2, -0.15) is 0 Å². The van der Waals surface area contributed by atoms with Crippen LogP contribution in [0.2, 0.25) is 0 Å². The van der Waals surface area contributed by atoms with Crippen LogP contribution in [0.3, 0.4) is 0 Å². The minimum atomic E-state index is -0.488. The molecule has 1 aromatic rings. The molecule has 0 bridgehead atoms. The van der Waals surface area contributed by atoms with Gasteiger partial charge in [-0.25, -0.2) is 0 Å². The lowest BCUT2D eigenvalue weighted by Gasteiger charge is -1.98. The third-order valence-corrected chi connectivity index (χ3v) is 2.82. The maximum Gasteiger partial charge on any atom is 0.324 e. The quantitative estimate of drug-likeness (QED) is 0.610. The van der Waals surface area contributed by atoms with Gasteiger partial charge < -0.3 is 5.32 Å². The minimum absolute atomic E-state index is 0.00551. The summed E-state index contributed by atoms with van der Waals surface area (Å²) < 4.78 is 0. The van der Waals surface area contributed by atoms with Crippen LogP contribution in [0.5, 0.6) is 0 Å². The molecule has 1 aliphatic rings. The molecule has 1 aromatic heterocycles. The van der Waals surface area contributed by atoms with Gasteiger partial charge in [0, 0.05) is 17.5 Å². The van der Waals surface area contributed by atoms with Gasteiger partial charge in [-0.3, -0.25) is 14.9 Å². The molecule has 0 spiro atoms. The number of hydrogen-bond acceptors (Lipinski definition) is 4. The molecule has 5 nitrogen and oxygen atoms in total. The molecule has 1 heterocycles. The number of carbonyl (C=O) groups is 1. The fourth-order valence-corrected chi connectivity index (χ4v) is 1.74. The van der Waals surface area contributed by atoms with Crippen molar-refractivity contribution in [1.29, 1.82) is 0 Å². The van der Waals surface area contributed by atoms with Crippen LogP contribution in [0.15, 0.2) is 11.4 Å². The summed E-state index contributed by atoms with van der Waals surface area (Å²) in [6, 6.07) is 1.59. The fourth-order valence-electron chi connectivity index (χ4n) is 1.04. The van der Waals surface area contributed by atoms with Gasteiger partial charge in [0.1, 0.15) is 0 Å². The topological polar surface area (TPSA) is 72.2 Å². The van der Waals surface area contributed by atoms with E-state index in [0.29, 0.717) is 5.56 Å². The SMILES string of the molecule is O=C(NC1CC1)c1csc([N+](=O)[O-])c1. The average Bonchev–Trinajstić information content (AvgIpc) is 2.81. The Labute approximate surface area is 83.9 Å². The van der Waals surface area contributed by atoms with Crippen molar-refractivity contribution in [2.24, 2.45) is 0 Å². The maximum atomic E-state index is 11.4. The standard InChI is InChI=1S/C8H8N2O3S/c11-8(9-6-1-2-6)5-3-7(10(12)13)14-4-5/h3-4,6H,1-2H2,(H,9,11). The molecule has 0 aliphatic heterocycles. The molecule has 14 heavy (non-hydrogen) atoms. The molecule has 0 aromatic carbocycles. The number of rotatable bonds is 3. The Hall–Kier alpha value is -1.43. The van der Waals surface area contributed by atoms with Crippen molar-refractivity contribution in [3.05, 3.63) is 27.1 Å². The monoisotopic (exact) mass is 212 g/mol. The van der Waals surface area contributed by atoms with Crippen molar-refractivity contribution in [1.82, 2.24) is 5.32 Å². The Kier molecular flexibility index (Phi) is 2.20. The van der Waals surface area contributed by atoms with Crippen LogP contribution in [0.25, 0.3) is 0 Å². The Morgan fingerprint density at radius 1 is 1.64 bits per heavy atom. The van der Waals surface area contributed by atoms with Crippen molar-refractivity contribution in [2.45, 2.75) is 18.9 Å². The molecule has 1 N–H and O–H groups in total. The number of nitrogens with one attached hydrogen (secondary N) is 1. The molecule has 1 amide bonds. The van der Waals surface area contributed by atoms with Gasteiger partial charge in [0.15, 0.2) is 0 Å². The molecule has 6 heteroatoms. The molecule has 0 atom stereocenters. The highest BCUT2D eigenvalue weighted by molar-refractivity contribution is 7.13. The predicted molar refractivity (Wildman–Crippen MR) is 51.5 cm³/mol. The lowest BCUT2D eigenvalue weighted by atomic mass is 10.3. The van der Waals surface area contributed by atoms with Crippen LogP contribution < -0.4 is 5.32 Å². The van der Waals surface area contributed by atoms with Crippen LogP contribution in [-0.2, 0) is 0 Å². The molecule has 2 rings (SSSR count). The highest BCUT2D eigenvalue weighted by atomic mass is 32.1. The number of nitrogens with zero attached hydrogens (tertiary/aromatic N) is 1. The number of carbonyl (C=O) groups excluding carboxylic acids is 1. The normalized spacial score (nSPS) is 15.1. The number of hydrogen-bond donors (Lipinski definition) is 1. The van der Waals surface area contributed by atoms with Gasteiger partial charge in [-0.1, -0.05) is 11.3 Å². The summed E-state index contributed by atoms with van der Waals surface area (Å²) >= 11 is 0.974. The summed E-state index contributed by atoms with van der Waals surface area (Å²) in [6.07, 6.45) is 2.02. The highest BCUT2D eigenvalue weighted by Gasteiger charge is 2.25. The summed E-state index contributed by atoms with van der Waals surface area (Å²) in [6.45, 7) is 0. The number of nitro groups is 1. The van der Waals surface area contributed by atoms with E-state index in [1.807, 2.05) is 0 Å². The second kappa shape index (κ2) is 3.38. The second-order valence-corrected chi connectivity index (χ2v) is 4.07. The van der Waals surface area contributed by atoms with Crippen molar-refractivity contribution < 1.29 is 9.72 Å². The number of thiophene rings is 1. The zero-order valence-electron chi connectivity index (χ0n) is 7.23. The van der Waals surface area contributed by atoms with Crippen LogP contribution in [-0.4, -0.2) is 16.9 Å². The van der Waals surface area contributed by atoms with E-state index in [-0.39, 0.29) is 17.0 Å². The van der Waals surface area contributed by atoms with E-state index in [0.717, 1.165) is 24.2 Å². The van der Waals surface area contributed by atoms with Crippen molar-refractivity contribution >= 4 is 22.2 Å². The summed E-state index contributed by atoms with van der Waals surface area (Å²) in [5, 5.41) is 14.6. The van der Waals surface area contributed by atoms with E-state index in [9.17, 15) is 14.9 Å². The third-order valence-electron chi connectivity index (χ3n) is 1.94. The van der Waals surface area contributed by atoms with E-state index in [1.54, 1.807) is 0 Å². The zero-order chi connectivity index (χ0) is 10.1. The Bertz CT molecular complexity index is 384. The van der Waals surface area contributed by atoms with E-state index in [1.165, 1.54) is 11.4 Å². The van der Waals surface area contributed by atoms with Gasteiger partial charge >= 0.3 is 5.00 Å². The summed E-state index contributed by atoms with van der Waals surface area (Å²) in [4.78, 5) is 21.3. The lowest BCUT2D eigenvalue weighted by molar-refractivity contribution is -0.380. The first-order valence-corrected chi connectivity index (χ1v) is 5.08. The van der Waals surface area contributed by atoms with E-state index in [4.69, 9.17) is 0 Å². The van der Waals surface area contributed by atoms with Crippen molar-refractivity contribution in [3.8, 4) is 0 Å². The number of amides is 1. The van der Waals surface area contributed by atoms with Crippen LogP contribution in [0.4, 0.5) is 5.00 Å². The van der Waals surface area contributed by atoms with Gasteiger partial charge in [-0.05, 0) is 12.8 Å². The first-order valence-electron chi connectivity index (χ1n) is 4.20. The highest BCUT2D eigenvalue weighted by Crippen LogP contribution is 2.24. The van der Waals surface area contributed by atoms with Crippen molar-refractivity contribution in [3.63, 3.8) is 0 Å². The van der Waals surface area contributed by atoms with Gasteiger partial charge in [-0.15, -0.1) is 0 Å². The fraction of sp³-hybridized carbons (Fsp3) is 0.375. The van der Waals surface area contributed by atoms with Crippen molar-refractivity contribution in [2.75, 3.05) is 0 Å². The van der Waals surface area contributed by atoms with Crippen LogP contribution in [0.1, 0.15) is 23.2 Å². The van der Waals surface area contributed by atoms with Gasteiger partial charge in [0.2, 0.25) is 0 Å². The maximum absolute atomic E-state index is 11.4. The predicted octanol–water partition coefficient (Wildman–Crippen LogP) is 1.55. The second-order valence-electron chi connectivity index (χ2n) is 3.18. The smallest absolute Gasteiger partial charge is 0.324 e. The summed E-state index contributed by atoms with van der Waals surface area (Å²) in [5.74, 6) is -0.211. The Balaban J connectivity index is 2.07. The van der Waals surface area contributed by atoms with E-state index >= 15 is 0 Å². The molecule has 0 unspecified atom stereocenters. The van der Waals surface area contributed by atoms with Crippen LogP contribution in [0, 0.1) is 10.1 Å².